The SMILES string of the molecule is CC(NC(=O)c1nc(N)n[nH]1)C(=O)N1CCCC1. The van der Waals surface area contributed by atoms with Crippen LogP contribution in [0.25, 0.3) is 0 Å². The van der Waals surface area contributed by atoms with Gasteiger partial charge in [0.25, 0.3) is 5.91 Å². The molecule has 4 N–H and O–H groups in total. The fourth-order valence-corrected chi connectivity index (χ4v) is 1.91. The smallest absolute Gasteiger partial charge is 0.289 e. The molecule has 0 bridgehead atoms. The van der Waals surface area contributed by atoms with Crippen molar-refractivity contribution in [3.63, 3.8) is 0 Å². The zero-order valence-electron chi connectivity index (χ0n) is 10.1. The first-order valence-electron chi connectivity index (χ1n) is 5.85. The number of hydrogen-bond donors (Lipinski definition) is 3. The van der Waals surface area contributed by atoms with Crippen molar-refractivity contribution < 1.29 is 9.59 Å². The number of aromatic nitrogens is 3. The highest BCUT2D eigenvalue weighted by atomic mass is 16.2. The van der Waals surface area contributed by atoms with E-state index in [1.54, 1.807) is 11.8 Å². The number of carbonyl (C=O) groups excluding carboxylic acids is 2. The summed E-state index contributed by atoms with van der Waals surface area (Å²) in [6, 6.07) is -0.582. The Morgan fingerprint density at radius 3 is 2.67 bits per heavy atom. The van der Waals surface area contributed by atoms with Gasteiger partial charge in [0.05, 0.1) is 0 Å². The van der Waals surface area contributed by atoms with E-state index in [2.05, 4.69) is 20.5 Å². The Morgan fingerprint density at radius 1 is 1.44 bits per heavy atom. The summed E-state index contributed by atoms with van der Waals surface area (Å²) in [6.45, 7) is 3.17. The Hall–Kier alpha value is -2.12. The number of H-pyrrole nitrogens is 1. The van der Waals surface area contributed by atoms with Gasteiger partial charge in [0.1, 0.15) is 6.04 Å². The van der Waals surface area contributed by atoms with Gasteiger partial charge in [-0.05, 0) is 19.8 Å². The second kappa shape index (κ2) is 5.03. The molecule has 1 aromatic heterocycles. The monoisotopic (exact) mass is 252 g/mol. The van der Waals surface area contributed by atoms with Crippen molar-refractivity contribution in [2.24, 2.45) is 0 Å². The molecule has 18 heavy (non-hydrogen) atoms. The van der Waals surface area contributed by atoms with Crippen molar-refractivity contribution >= 4 is 17.8 Å². The summed E-state index contributed by atoms with van der Waals surface area (Å²) >= 11 is 0. The van der Waals surface area contributed by atoms with Crippen LogP contribution in [0.5, 0.6) is 0 Å². The Morgan fingerprint density at radius 2 is 2.11 bits per heavy atom. The van der Waals surface area contributed by atoms with Crippen molar-refractivity contribution in [1.82, 2.24) is 25.4 Å². The maximum Gasteiger partial charge on any atom is 0.289 e. The normalized spacial score (nSPS) is 16.6. The highest BCUT2D eigenvalue weighted by molar-refractivity contribution is 5.94. The first kappa shape index (κ1) is 12.3. The predicted octanol–water partition coefficient (Wildman–Crippen LogP) is -0.872. The number of nitrogen functional groups attached to an aromatic ring is 1. The molecule has 8 heteroatoms. The summed E-state index contributed by atoms with van der Waals surface area (Å²) in [7, 11) is 0. The number of carbonyl (C=O) groups is 2. The molecule has 1 unspecified atom stereocenters. The van der Waals surface area contributed by atoms with Crippen molar-refractivity contribution in [2.45, 2.75) is 25.8 Å². The Labute approximate surface area is 104 Å². The van der Waals surface area contributed by atoms with Crippen LogP contribution in [0.3, 0.4) is 0 Å². The second-order valence-corrected chi connectivity index (χ2v) is 4.27. The van der Waals surface area contributed by atoms with Crippen LogP contribution in [0.4, 0.5) is 5.95 Å². The average Bonchev–Trinajstić information content (AvgIpc) is 2.98. The number of hydrogen-bond acceptors (Lipinski definition) is 5. The fourth-order valence-electron chi connectivity index (χ4n) is 1.91. The van der Waals surface area contributed by atoms with Gasteiger partial charge in [-0.3, -0.25) is 14.7 Å². The molecule has 1 aliphatic rings. The van der Waals surface area contributed by atoms with Gasteiger partial charge in [0, 0.05) is 13.1 Å². The van der Waals surface area contributed by atoms with E-state index in [-0.39, 0.29) is 17.7 Å². The van der Waals surface area contributed by atoms with Crippen LogP contribution in [0, 0.1) is 0 Å². The van der Waals surface area contributed by atoms with Gasteiger partial charge in [-0.15, -0.1) is 5.10 Å². The van der Waals surface area contributed by atoms with Crippen LogP contribution >= 0.6 is 0 Å². The molecule has 0 radical (unpaired) electrons. The number of amides is 2. The third-order valence-corrected chi connectivity index (χ3v) is 2.85. The molecule has 1 atom stereocenters. The minimum absolute atomic E-state index is 0.00123. The van der Waals surface area contributed by atoms with E-state index in [0.29, 0.717) is 0 Å². The number of likely N-dealkylation sites (tertiary alicyclic amines) is 1. The molecule has 2 amide bonds. The van der Waals surface area contributed by atoms with Crippen LogP contribution in [0.2, 0.25) is 0 Å². The maximum absolute atomic E-state index is 12.0. The predicted molar refractivity (Wildman–Crippen MR) is 63.5 cm³/mol. The summed E-state index contributed by atoms with van der Waals surface area (Å²) in [5.74, 6) is -0.556. The van der Waals surface area contributed by atoms with Gasteiger partial charge in [0.2, 0.25) is 17.7 Å². The summed E-state index contributed by atoms with van der Waals surface area (Å²) in [5, 5.41) is 8.52. The second-order valence-electron chi connectivity index (χ2n) is 4.27. The van der Waals surface area contributed by atoms with Crippen LogP contribution in [-0.4, -0.2) is 51.0 Å². The van der Waals surface area contributed by atoms with E-state index >= 15 is 0 Å². The van der Waals surface area contributed by atoms with E-state index in [1.165, 1.54) is 0 Å². The molecule has 0 aliphatic carbocycles. The number of aromatic amines is 1. The molecular formula is C10H16N6O2. The van der Waals surface area contributed by atoms with E-state index < -0.39 is 11.9 Å². The first-order chi connectivity index (χ1) is 8.58. The van der Waals surface area contributed by atoms with Gasteiger partial charge in [-0.25, -0.2) is 0 Å². The van der Waals surface area contributed by atoms with E-state index in [0.717, 1.165) is 25.9 Å². The van der Waals surface area contributed by atoms with Crippen LogP contribution in [0.15, 0.2) is 0 Å². The van der Waals surface area contributed by atoms with Gasteiger partial charge in [0.15, 0.2) is 0 Å². The standard InChI is InChI=1S/C10H16N6O2/c1-6(9(18)16-4-2-3-5-16)12-8(17)7-13-10(11)15-14-7/h6H,2-5H2,1H3,(H,12,17)(H3,11,13,14,15). The molecular weight excluding hydrogens is 236 g/mol. The van der Waals surface area contributed by atoms with Gasteiger partial charge in [-0.2, -0.15) is 4.98 Å². The molecule has 2 rings (SSSR count). The minimum atomic E-state index is -0.582. The summed E-state index contributed by atoms with van der Waals surface area (Å²) in [5.41, 5.74) is 5.30. The number of nitrogens with two attached hydrogens (primary N) is 1. The van der Waals surface area contributed by atoms with Crippen molar-refractivity contribution in [1.29, 1.82) is 0 Å². The molecule has 1 fully saturated rings. The topological polar surface area (TPSA) is 117 Å². The molecule has 1 aromatic rings. The Kier molecular flexibility index (Phi) is 3.45. The summed E-state index contributed by atoms with van der Waals surface area (Å²) < 4.78 is 0. The fraction of sp³-hybridized carbons (Fsp3) is 0.600. The van der Waals surface area contributed by atoms with E-state index in [1.807, 2.05) is 0 Å². The molecule has 0 saturated carbocycles. The third-order valence-electron chi connectivity index (χ3n) is 2.85. The number of rotatable bonds is 3. The van der Waals surface area contributed by atoms with Crippen LogP contribution in [0.1, 0.15) is 30.4 Å². The van der Waals surface area contributed by atoms with Crippen molar-refractivity contribution in [2.75, 3.05) is 18.8 Å². The quantitative estimate of drug-likeness (QED) is 0.646. The largest absolute Gasteiger partial charge is 0.366 e. The Balaban J connectivity index is 1.92. The lowest BCUT2D eigenvalue weighted by molar-refractivity contribution is -0.131. The minimum Gasteiger partial charge on any atom is -0.366 e. The lowest BCUT2D eigenvalue weighted by Crippen LogP contribution is -2.46. The summed E-state index contributed by atoms with van der Waals surface area (Å²) in [6.07, 6.45) is 2.04. The van der Waals surface area contributed by atoms with E-state index in [4.69, 9.17) is 5.73 Å². The van der Waals surface area contributed by atoms with Gasteiger partial charge in [-0.1, -0.05) is 0 Å². The zero-order chi connectivity index (χ0) is 13.1. The maximum atomic E-state index is 12.0. The lowest BCUT2D eigenvalue weighted by Gasteiger charge is -2.20. The third kappa shape index (κ3) is 2.58. The van der Waals surface area contributed by atoms with Crippen LogP contribution in [-0.2, 0) is 4.79 Å². The highest BCUT2D eigenvalue weighted by Gasteiger charge is 2.25. The average molecular weight is 252 g/mol. The zero-order valence-corrected chi connectivity index (χ0v) is 10.1. The van der Waals surface area contributed by atoms with Gasteiger partial charge >= 0.3 is 0 Å². The van der Waals surface area contributed by atoms with Gasteiger partial charge < -0.3 is 16.0 Å². The number of nitrogens with one attached hydrogen (secondary N) is 2. The Bertz CT molecular complexity index is 451. The van der Waals surface area contributed by atoms with Crippen LogP contribution < -0.4 is 11.1 Å². The lowest BCUT2D eigenvalue weighted by atomic mass is 10.3. The molecule has 1 aliphatic heterocycles. The molecule has 1 saturated heterocycles. The molecule has 98 valence electrons. The van der Waals surface area contributed by atoms with Crippen molar-refractivity contribution in [3.8, 4) is 0 Å². The highest BCUT2D eigenvalue weighted by Crippen LogP contribution is 2.09. The summed E-state index contributed by atoms with van der Waals surface area (Å²) in [4.78, 5) is 29.1. The molecule has 8 nitrogen and oxygen atoms in total. The molecule has 0 spiro atoms. The molecule has 2 heterocycles. The number of nitrogens with zero attached hydrogens (tertiary/aromatic N) is 3. The number of anilines is 1. The molecule has 0 aromatic carbocycles. The van der Waals surface area contributed by atoms with Crippen molar-refractivity contribution in [3.05, 3.63) is 5.82 Å². The first-order valence-corrected chi connectivity index (χ1v) is 5.85. The van der Waals surface area contributed by atoms with E-state index in [9.17, 15) is 9.59 Å².